The van der Waals surface area contributed by atoms with Crippen LogP contribution < -0.4 is 5.32 Å². The zero-order valence-electron chi connectivity index (χ0n) is 15.4. The molecule has 1 aliphatic rings. The molecule has 150 valence electrons. The Morgan fingerprint density at radius 1 is 1.14 bits per heavy atom. The minimum atomic E-state index is -0.321. The topological polar surface area (TPSA) is 93.3 Å². The second-order valence-corrected chi connectivity index (χ2v) is 8.23. The van der Waals surface area contributed by atoms with Crippen LogP contribution in [0.5, 0.6) is 0 Å². The molecule has 0 spiro atoms. The van der Waals surface area contributed by atoms with E-state index in [1.165, 1.54) is 4.90 Å². The molecule has 8 nitrogen and oxygen atoms in total. The van der Waals surface area contributed by atoms with Gasteiger partial charge in [-0.15, -0.1) is 10.2 Å². The molecule has 2 aromatic heterocycles. The molecule has 0 radical (unpaired) electrons. The highest BCUT2D eigenvalue weighted by Crippen LogP contribution is 2.28. The Labute approximate surface area is 179 Å². The van der Waals surface area contributed by atoms with Gasteiger partial charge in [0.2, 0.25) is 11.7 Å². The highest BCUT2D eigenvalue weighted by molar-refractivity contribution is 9.10. The van der Waals surface area contributed by atoms with E-state index in [4.69, 9.17) is 4.42 Å². The van der Waals surface area contributed by atoms with Crippen molar-refractivity contribution in [3.05, 3.63) is 52.7 Å². The normalized spacial score (nSPS) is 13.9. The Balaban J connectivity index is 1.48. The standard InChI is InChI=1S/C19H18BrN5O3S/c20-15-8-7-14(28-15)17-22-23-19(25(17)12-13-5-2-1-3-6-13)29-10-4-9-24-16(26)11-21-18(24)27/h1-3,5-8H,4,9-12H2,(H,21,27). The minimum Gasteiger partial charge on any atom is -0.446 e. The lowest BCUT2D eigenvalue weighted by Crippen LogP contribution is -2.32. The summed E-state index contributed by atoms with van der Waals surface area (Å²) in [5.74, 6) is 1.80. The number of aromatic nitrogens is 3. The number of furan rings is 1. The van der Waals surface area contributed by atoms with Gasteiger partial charge in [0.25, 0.3) is 0 Å². The summed E-state index contributed by atoms with van der Waals surface area (Å²) < 4.78 is 8.32. The second kappa shape index (κ2) is 8.83. The molecule has 1 N–H and O–H groups in total. The van der Waals surface area contributed by atoms with Crippen LogP contribution in [0.1, 0.15) is 12.0 Å². The molecule has 3 aromatic rings. The van der Waals surface area contributed by atoms with E-state index in [-0.39, 0.29) is 18.5 Å². The van der Waals surface area contributed by atoms with Gasteiger partial charge in [-0.3, -0.25) is 14.3 Å². The Hall–Kier alpha value is -2.59. The quantitative estimate of drug-likeness (QED) is 0.305. The number of hydrogen-bond acceptors (Lipinski definition) is 6. The van der Waals surface area contributed by atoms with Gasteiger partial charge in [-0.2, -0.15) is 0 Å². The molecule has 1 aromatic carbocycles. The van der Waals surface area contributed by atoms with Gasteiger partial charge in [0, 0.05) is 12.3 Å². The number of rotatable bonds is 8. The monoisotopic (exact) mass is 475 g/mol. The Morgan fingerprint density at radius 2 is 1.97 bits per heavy atom. The van der Waals surface area contributed by atoms with Gasteiger partial charge in [-0.05, 0) is 40.0 Å². The summed E-state index contributed by atoms with van der Waals surface area (Å²) in [7, 11) is 0. The molecular formula is C19H18BrN5O3S. The second-order valence-electron chi connectivity index (χ2n) is 6.39. The van der Waals surface area contributed by atoms with E-state index in [9.17, 15) is 9.59 Å². The molecule has 10 heteroatoms. The predicted octanol–water partition coefficient (Wildman–Crippen LogP) is 3.38. The molecule has 0 unspecified atom stereocenters. The number of nitrogens with one attached hydrogen (secondary N) is 1. The number of thioether (sulfide) groups is 1. The maximum absolute atomic E-state index is 11.7. The summed E-state index contributed by atoms with van der Waals surface area (Å²) in [4.78, 5) is 24.5. The van der Waals surface area contributed by atoms with E-state index < -0.39 is 0 Å². The fourth-order valence-corrected chi connectivity index (χ4v) is 4.16. The number of nitrogens with zero attached hydrogens (tertiary/aromatic N) is 4. The van der Waals surface area contributed by atoms with Gasteiger partial charge in [-0.1, -0.05) is 42.1 Å². The van der Waals surface area contributed by atoms with Crippen LogP contribution in [-0.2, 0) is 11.3 Å². The summed E-state index contributed by atoms with van der Waals surface area (Å²) in [6.45, 7) is 1.08. The smallest absolute Gasteiger partial charge is 0.324 e. The zero-order valence-corrected chi connectivity index (χ0v) is 17.8. The third-order valence-corrected chi connectivity index (χ3v) is 5.87. The van der Waals surface area contributed by atoms with E-state index in [0.717, 1.165) is 10.7 Å². The predicted molar refractivity (Wildman–Crippen MR) is 111 cm³/mol. The highest BCUT2D eigenvalue weighted by atomic mass is 79.9. The Kier molecular flexibility index (Phi) is 6.00. The molecule has 3 amide bonds. The van der Waals surface area contributed by atoms with Crippen molar-refractivity contribution >= 4 is 39.6 Å². The minimum absolute atomic E-state index is 0.0828. The van der Waals surface area contributed by atoms with Gasteiger partial charge in [0.1, 0.15) is 0 Å². The van der Waals surface area contributed by atoms with Crippen LogP contribution in [0.4, 0.5) is 4.79 Å². The summed E-state index contributed by atoms with van der Waals surface area (Å²) >= 11 is 4.87. The number of imide groups is 1. The molecule has 0 saturated carbocycles. The maximum atomic E-state index is 11.7. The first-order valence-electron chi connectivity index (χ1n) is 9.05. The number of carbonyl (C=O) groups is 2. The van der Waals surface area contributed by atoms with Crippen LogP contribution in [0.2, 0.25) is 0 Å². The number of urea groups is 1. The molecule has 0 aliphatic carbocycles. The molecule has 0 atom stereocenters. The van der Waals surface area contributed by atoms with Crippen LogP contribution in [0, 0.1) is 0 Å². The third kappa shape index (κ3) is 4.54. The first kappa shape index (κ1) is 19.7. The average molecular weight is 476 g/mol. The van der Waals surface area contributed by atoms with Crippen LogP contribution in [-0.4, -0.2) is 50.4 Å². The number of amides is 3. The van der Waals surface area contributed by atoms with Crippen molar-refractivity contribution in [3.63, 3.8) is 0 Å². The van der Waals surface area contributed by atoms with Crippen molar-refractivity contribution in [2.45, 2.75) is 18.1 Å². The van der Waals surface area contributed by atoms with Gasteiger partial charge < -0.3 is 9.73 Å². The van der Waals surface area contributed by atoms with Crippen molar-refractivity contribution in [1.29, 1.82) is 0 Å². The lowest BCUT2D eigenvalue weighted by Gasteiger charge is -2.12. The molecular weight excluding hydrogens is 458 g/mol. The van der Waals surface area contributed by atoms with Crippen LogP contribution in [0.25, 0.3) is 11.6 Å². The molecule has 4 rings (SSSR count). The van der Waals surface area contributed by atoms with Crippen LogP contribution >= 0.6 is 27.7 Å². The number of benzene rings is 1. The SMILES string of the molecule is O=C1CNC(=O)N1CCCSc1nnc(-c2ccc(Br)o2)n1Cc1ccccc1. The molecule has 0 bridgehead atoms. The lowest BCUT2D eigenvalue weighted by atomic mass is 10.2. The summed E-state index contributed by atoms with van der Waals surface area (Å²) in [6.07, 6.45) is 0.670. The number of carbonyl (C=O) groups excluding carboxylic acids is 2. The average Bonchev–Trinajstić information content (AvgIpc) is 3.41. The number of halogens is 1. The van der Waals surface area contributed by atoms with Gasteiger partial charge in [-0.25, -0.2) is 4.79 Å². The van der Waals surface area contributed by atoms with Crippen molar-refractivity contribution in [2.24, 2.45) is 0 Å². The highest BCUT2D eigenvalue weighted by Gasteiger charge is 2.27. The van der Waals surface area contributed by atoms with Gasteiger partial charge >= 0.3 is 6.03 Å². The largest absolute Gasteiger partial charge is 0.446 e. The maximum Gasteiger partial charge on any atom is 0.324 e. The van der Waals surface area contributed by atoms with E-state index in [1.807, 2.05) is 47.0 Å². The van der Waals surface area contributed by atoms with Crippen molar-refractivity contribution in [2.75, 3.05) is 18.8 Å². The summed E-state index contributed by atoms with van der Waals surface area (Å²) in [6, 6.07) is 13.4. The fourth-order valence-electron chi connectivity index (χ4n) is 2.99. The fraction of sp³-hybridized carbons (Fsp3) is 0.263. The molecule has 3 heterocycles. The molecule has 29 heavy (non-hydrogen) atoms. The van der Waals surface area contributed by atoms with E-state index in [2.05, 4.69) is 31.4 Å². The van der Waals surface area contributed by atoms with Crippen LogP contribution in [0.15, 0.2) is 56.7 Å². The third-order valence-electron chi connectivity index (χ3n) is 4.39. The van der Waals surface area contributed by atoms with Crippen molar-refractivity contribution < 1.29 is 14.0 Å². The summed E-state index contributed by atoms with van der Waals surface area (Å²) in [5.41, 5.74) is 1.13. The van der Waals surface area contributed by atoms with Crippen LogP contribution in [0.3, 0.4) is 0 Å². The Bertz CT molecular complexity index is 1000. The lowest BCUT2D eigenvalue weighted by molar-refractivity contribution is -0.124. The zero-order chi connectivity index (χ0) is 20.2. The Morgan fingerprint density at radius 3 is 2.66 bits per heavy atom. The molecule has 1 saturated heterocycles. The van der Waals surface area contributed by atoms with E-state index >= 15 is 0 Å². The number of hydrogen-bond donors (Lipinski definition) is 1. The van der Waals surface area contributed by atoms with E-state index in [0.29, 0.717) is 41.5 Å². The van der Waals surface area contributed by atoms with Crippen molar-refractivity contribution in [1.82, 2.24) is 25.0 Å². The first-order chi connectivity index (χ1) is 14.1. The first-order valence-corrected chi connectivity index (χ1v) is 10.8. The van der Waals surface area contributed by atoms with Gasteiger partial charge in [0.15, 0.2) is 15.6 Å². The molecule has 1 aliphatic heterocycles. The molecule has 1 fully saturated rings. The summed E-state index contributed by atoms with van der Waals surface area (Å²) in [5, 5.41) is 11.9. The van der Waals surface area contributed by atoms with Crippen molar-refractivity contribution in [3.8, 4) is 11.6 Å². The van der Waals surface area contributed by atoms with Gasteiger partial charge in [0.05, 0.1) is 13.1 Å². The van der Waals surface area contributed by atoms with E-state index in [1.54, 1.807) is 11.8 Å².